The van der Waals surface area contributed by atoms with Gasteiger partial charge in [-0.1, -0.05) is 48.6 Å². The molecule has 144 valence electrons. The van der Waals surface area contributed by atoms with Gasteiger partial charge < -0.3 is 5.11 Å². The van der Waals surface area contributed by atoms with Crippen molar-refractivity contribution in [3.05, 3.63) is 111 Å². The number of nitrogens with zero attached hydrogens (tertiary/aromatic N) is 2. The minimum Gasteiger partial charge on any atom is -0.508 e. The molecule has 0 aliphatic carbocycles. The fraction of sp³-hybridized carbons (Fsp3) is 0.0833. The second kappa shape index (κ2) is 7.64. The smallest absolute Gasteiger partial charge is 0.336 e. The second-order valence-corrected chi connectivity index (χ2v) is 6.78. The van der Waals surface area contributed by atoms with Gasteiger partial charge >= 0.3 is 5.69 Å². The summed E-state index contributed by atoms with van der Waals surface area (Å²) in [6.45, 7) is 2.31. The van der Waals surface area contributed by atoms with Crippen LogP contribution in [-0.4, -0.2) is 14.2 Å². The van der Waals surface area contributed by atoms with Crippen molar-refractivity contribution in [1.29, 1.82) is 0 Å². The van der Waals surface area contributed by atoms with Crippen LogP contribution in [0.1, 0.15) is 18.1 Å². The van der Waals surface area contributed by atoms with Crippen LogP contribution in [0.4, 0.5) is 0 Å². The molecule has 0 saturated carbocycles. The van der Waals surface area contributed by atoms with Crippen LogP contribution in [0.15, 0.2) is 88.5 Å². The molecule has 0 amide bonds. The van der Waals surface area contributed by atoms with E-state index in [1.165, 1.54) is 12.1 Å². The number of benzene rings is 3. The molecule has 0 bridgehead atoms. The molecule has 1 N–H and O–H groups in total. The Labute approximate surface area is 167 Å². The Morgan fingerprint density at radius 1 is 0.897 bits per heavy atom. The zero-order valence-corrected chi connectivity index (χ0v) is 15.9. The van der Waals surface area contributed by atoms with Crippen LogP contribution in [0, 0.1) is 0 Å². The van der Waals surface area contributed by atoms with Crippen molar-refractivity contribution in [3.63, 3.8) is 0 Å². The summed E-state index contributed by atoms with van der Waals surface area (Å²) >= 11 is 0. The fourth-order valence-electron chi connectivity index (χ4n) is 3.41. The maximum absolute atomic E-state index is 13.3. The zero-order chi connectivity index (χ0) is 20.4. The van der Waals surface area contributed by atoms with E-state index in [0.717, 1.165) is 15.7 Å². The van der Waals surface area contributed by atoms with E-state index in [4.69, 9.17) is 0 Å². The lowest BCUT2D eigenvalue weighted by Gasteiger charge is -2.14. The fourth-order valence-corrected chi connectivity index (χ4v) is 3.41. The van der Waals surface area contributed by atoms with Gasteiger partial charge in [-0.25, -0.2) is 9.36 Å². The van der Waals surface area contributed by atoms with Gasteiger partial charge in [0.15, 0.2) is 0 Å². The lowest BCUT2D eigenvalue weighted by molar-refractivity contribution is 0.475. The normalized spacial score (nSPS) is 11.3. The average molecular weight is 384 g/mol. The zero-order valence-electron chi connectivity index (χ0n) is 15.9. The molecule has 29 heavy (non-hydrogen) atoms. The largest absolute Gasteiger partial charge is 0.508 e. The van der Waals surface area contributed by atoms with E-state index in [-0.39, 0.29) is 11.3 Å². The van der Waals surface area contributed by atoms with Crippen molar-refractivity contribution >= 4 is 17.0 Å². The van der Waals surface area contributed by atoms with Gasteiger partial charge in [0.05, 0.1) is 23.1 Å². The Morgan fingerprint density at radius 2 is 1.59 bits per heavy atom. The van der Waals surface area contributed by atoms with Gasteiger partial charge in [-0.05, 0) is 54.4 Å². The number of rotatable bonds is 4. The number of allylic oxidation sites excluding steroid dienone is 1. The maximum Gasteiger partial charge on any atom is 0.336 e. The summed E-state index contributed by atoms with van der Waals surface area (Å²) in [6.07, 6.45) is 3.98. The Morgan fingerprint density at radius 3 is 2.28 bits per heavy atom. The Hall–Kier alpha value is -3.86. The molecule has 0 aliphatic heterocycles. The van der Waals surface area contributed by atoms with E-state index in [1.807, 2.05) is 49.4 Å². The van der Waals surface area contributed by atoms with E-state index in [2.05, 4.69) is 0 Å². The minimum atomic E-state index is -0.420. The predicted molar refractivity (Wildman–Crippen MR) is 116 cm³/mol. The van der Waals surface area contributed by atoms with Crippen LogP contribution >= 0.6 is 0 Å². The van der Waals surface area contributed by atoms with Crippen LogP contribution in [0.2, 0.25) is 0 Å². The first-order valence-corrected chi connectivity index (χ1v) is 9.34. The van der Waals surface area contributed by atoms with Crippen LogP contribution in [0.5, 0.6) is 5.75 Å². The molecular formula is C24H20N2O3. The quantitative estimate of drug-likeness (QED) is 0.580. The summed E-state index contributed by atoms with van der Waals surface area (Å²) in [6, 6.07) is 21.1. The third kappa shape index (κ3) is 3.50. The highest BCUT2D eigenvalue weighted by Crippen LogP contribution is 2.15. The molecule has 0 spiro atoms. The molecule has 0 radical (unpaired) electrons. The highest BCUT2D eigenvalue weighted by Gasteiger charge is 2.14. The van der Waals surface area contributed by atoms with E-state index in [0.29, 0.717) is 23.1 Å². The Kier molecular flexibility index (Phi) is 4.87. The Bertz CT molecular complexity index is 1310. The van der Waals surface area contributed by atoms with Crippen molar-refractivity contribution < 1.29 is 5.11 Å². The summed E-state index contributed by atoms with van der Waals surface area (Å²) in [5.41, 5.74) is 2.26. The van der Waals surface area contributed by atoms with E-state index < -0.39 is 5.69 Å². The summed E-state index contributed by atoms with van der Waals surface area (Å²) in [5.74, 6) is 0.0733. The van der Waals surface area contributed by atoms with Crippen molar-refractivity contribution in [2.45, 2.75) is 13.5 Å². The first-order valence-electron chi connectivity index (χ1n) is 9.34. The number of aromatic nitrogens is 2. The monoisotopic (exact) mass is 384 g/mol. The third-order valence-corrected chi connectivity index (χ3v) is 4.84. The molecule has 4 aromatic rings. The number of phenols is 1. The second-order valence-electron chi connectivity index (χ2n) is 6.78. The highest BCUT2D eigenvalue weighted by atomic mass is 16.3. The van der Waals surface area contributed by atoms with Crippen LogP contribution in [-0.2, 0) is 6.54 Å². The molecule has 0 atom stereocenters. The van der Waals surface area contributed by atoms with Crippen molar-refractivity contribution in [1.82, 2.24) is 9.13 Å². The number of fused-ring (bicyclic) bond motifs is 1. The molecule has 0 saturated heterocycles. The number of phenolic OH excluding ortho intramolecular Hbond substituents is 1. The number of para-hydroxylation sites is 1. The summed E-state index contributed by atoms with van der Waals surface area (Å²) in [4.78, 5) is 26.4. The molecule has 1 aromatic heterocycles. The molecule has 0 unspecified atom stereocenters. The van der Waals surface area contributed by atoms with Gasteiger partial charge in [-0.15, -0.1) is 0 Å². The first kappa shape index (κ1) is 18.5. The number of hydrogen-bond acceptors (Lipinski definition) is 3. The lowest BCUT2D eigenvalue weighted by Crippen LogP contribution is -2.39. The average Bonchev–Trinajstić information content (AvgIpc) is 2.74. The van der Waals surface area contributed by atoms with Gasteiger partial charge in [0.1, 0.15) is 5.75 Å². The maximum atomic E-state index is 13.3. The molecule has 3 aromatic carbocycles. The van der Waals surface area contributed by atoms with Crippen molar-refractivity contribution in [2.24, 2.45) is 0 Å². The van der Waals surface area contributed by atoms with Gasteiger partial charge in [0, 0.05) is 0 Å². The third-order valence-electron chi connectivity index (χ3n) is 4.84. The van der Waals surface area contributed by atoms with E-state index >= 15 is 0 Å². The van der Waals surface area contributed by atoms with Crippen LogP contribution in [0.25, 0.3) is 22.7 Å². The topological polar surface area (TPSA) is 64.2 Å². The van der Waals surface area contributed by atoms with Crippen LogP contribution in [0.3, 0.4) is 0 Å². The summed E-state index contributed by atoms with van der Waals surface area (Å²) in [5, 5.41) is 10.0. The van der Waals surface area contributed by atoms with E-state index in [1.54, 1.807) is 34.9 Å². The summed E-state index contributed by atoms with van der Waals surface area (Å²) in [7, 11) is 0. The summed E-state index contributed by atoms with van der Waals surface area (Å²) < 4.78 is 2.75. The molecule has 0 fully saturated rings. The molecule has 5 nitrogen and oxygen atoms in total. The molecule has 5 heteroatoms. The van der Waals surface area contributed by atoms with Gasteiger partial charge in [0.2, 0.25) is 0 Å². The van der Waals surface area contributed by atoms with Crippen molar-refractivity contribution in [2.75, 3.05) is 0 Å². The molecular weight excluding hydrogens is 364 g/mol. The Balaban J connectivity index is 1.92. The molecule has 4 rings (SSSR count). The van der Waals surface area contributed by atoms with Gasteiger partial charge in [0.25, 0.3) is 5.56 Å². The van der Waals surface area contributed by atoms with Gasteiger partial charge in [-0.3, -0.25) is 9.36 Å². The standard InChI is InChI=1S/C24H20N2O3/c1-2-5-17-8-10-18(11-9-17)16-25-22-7-4-3-6-21(22)23(28)26(24(25)29)19-12-14-20(27)15-13-19/h2-15,27H,16H2,1H3/b5-2+. The highest BCUT2D eigenvalue weighted by molar-refractivity contribution is 5.78. The molecule has 1 heterocycles. The first-order chi connectivity index (χ1) is 14.1. The van der Waals surface area contributed by atoms with E-state index in [9.17, 15) is 14.7 Å². The predicted octanol–water partition coefficient (Wildman–Crippen LogP) is 3.94. The number of hydrogen-bond donors (Lipinski definition) is 1. The molecule has 0 aliphatic rings. The van der Waals surface area contributed by atoms with Crippen molar-refractivity contribution in [3.8, 4) is 11.4 Å². The van der Waals surface area contributed by atoms with Gasteiger partial charge in [-0.2, -0.15) is 0 Å². The van der Waals surface area contributed by atoms with Crippen LogP contribution < -0.4 is 11.2 Å². The lowest BCUT2D eigenvalue weighted by atomic mass is 10.1. The number of aromatic hydroxyl groups is 1. The SMILES string of the molecule is C/C=C/c1ccc(Cn2c(=O)n(-c3ccc(O)cc3)c(=O)c3ccccc32)cc1. The minimum absolute atomic E-state index is 0.0733.